The van der Waals surface area contributed by atoms with E-state index in [0.717, 1.165) is 24.8 Å². The van der Waals surface area contributed by atoms with E-state index in [1.807, 2.05) is 16.8 Å². The second-order valence-corrected chi connectivity index (χ2v) is 12.5. The van der Waals surface area contributed by atoms with Crippen molar-refractivity contribution in [2.75, 3.05) is 90.7 Å². The van der Waals surface area contributed by atoms with Crippen LogP contribution in [-0.2, 0) is 44.6 Å². The number of benzene rings is 1. The summed E-state index contributed by atoms with van der Waals surface area (Å²) in [5.41, 5.74) is 15.2. The van der Waals surface area contributed by atoms with Gasteiger partial charge in [0.2, 0.25) is 0 Å². The van der Waals surface area contributed by atoms with Gasteiger partial charge in [0.15, 0.2) is 17.8 Å². The van der Waals surface area contributed by atoms with Crippen LogP contribution in [0.2, 0.25) is 0 Å². The van der Waals surface area contributed by atoms with Crippen LogP contribution < -0.4 is 16.8 Å². The molecular formula is C38H52N8O10. The monoisotopic (exact) mass is 780 g/mol. The molecule has 0 radical (unpaired) electrons. The molecule has 4 aromatic rings. The van der Waals surface area contributed by atoms with E-state index in [1.165, 1.54) is 6.33 Å². The molecule has 304 valence electrons. The summed E-state index contributed by atoms with van der Waals surface area (Å²) < 4.78 is 39.2. The van der Waals surface area contributed by atoms with Crippen LogP contribution in [0.15, 0.2) is 28.9 Å². The minimum absolute atomic E-state index is 0.0742. The van der Waals surface area contributed by atoms with Crippen molar-refractivity contribution in [3.8, 4) is 23.6 Å². The highest BCUT2D eigenvalue weighted by Gasteiger charge is 2.18. The number of carbonyl (C=O) groups excluding carboxylic acids is 3. The number of alkyl carbamates (subject to hydrolysis) is 1. The molecule has 0 saturated carbocycles. The minimum atomic E-state index is -0.583. The predicted octanol–water partition coefficient (Wildman–Crippen LogP) is 3.50. The molecule has 1 amide bonds. The molecule has 0 unspecified atom stereocenters. The summed E-state index contributed by atoms with van der Waals surface area (Å²) in [4.78, 5) is 48.4. The molecule has 56 heavy (non-hydrogen) atoms. The molecule has 18 nitrogen and oxygen atoms in total. The van der Waals surface area contributed by atoms with Gasteiger partial charge in [0.1, 0.15) is 34.9 Å². The molecule has 1 aromatic carbocycles. The number of oxazole rings is 1. The highest BCUT2D eigenvalue weighted by molar-refractivity contribution is 5.99. The Morgan fingerprint density at radius 3 is 2.16 bits per heavy atom. The third kappa shape index (κ3) is 15.5. The van der Waals surface area contributed by atoms with E-state index in [4.69, 9.17) is 51.1 Å². The number of amides is 1. The van der Waals surface area contributed by atoms with Crippen LogP contribution >= 0.6 is 0 Å². The van der Waals surface area contributed by atoms with Gasteiger partial charge in [-0.1, -0.05) is 12.3 Å². The number of aryl methyl sites for hydroxylation is 1. The largest absolute Gasteiger partial charge is 0.436 e. The zero-order valence-corrected chi connectivity index (χ0v) is 31.7. The van der Waals surface area contributed by atoms with Gasteiger partial charge in [-0.15, -0.1) is 6.42 Å². The first-order valence-electron chi connectivity index (χ1n) is 18.7. The van der Waals surface area contributed by atoms with Crippen LogP contribution in [0.25, 0.3) is 33.4 Å². The fourth-order valence-electron chi connectivity index (χ4n) is 5.48. The lowest BCUT2D eigenvalue weighted by Gasteiger charge is -2.08. The van der Waals surface area contributed by atoms with E-state index < -0.39 is 6.09 Å². The molecule has 5 N–H and O–H groups in total. The molecule has 0 aliphatic rings. The zero-order chi connectivity index (χ0) is 39.8. The van der Waals surface area contributed by atoms with E-state index in [0.29, 0.717) is 145 Å². The summed E-state index contributed by atoms with van der Waals surface area (Å²) >= 11 is 0. The lowest BCUT2D eigenvalue weighted by molar-refractivity contribution is -0.121. The number of ketones is 2. The maximum atomic E-state index is 12.4. The zero-order valence-electron chi connectivity index (χ0n) is 31.7. The second-order valence-electron chi connectivity index (χ2n) is 12.5. The lowest BCUT2D eigenvalue weighted by atomic mass is 10.1. The number of Topliss-reactive ketones (excluding diaryl/α,β-unsaturated/α-hetero) is 2. The van der Waals surface area contributed by atoms with Gasteiger partial charge in [-0.05, 0) is 37.5 Å². The van der Waals surface area contributed by atoms with Crippen molar-refractivity contribution in [1.29, 1.82) is 0 Å². The molecule has 0 fully saturated rings. The summed E-state index contributed by atoms with van der Waals surface area (Å²) in [6, 6.07) is 5.61. The number of fused-ring (bicyclic) bond motifs is 2. The smallest absolute Gasteiger partial charge is 0.408 e. The number of ether oxygens (including phenoxy) is 6. The van der Waals surface area contributed by atoms with Gasteiger partial charge in [-0.3, -0.25) is 9.59 Å². The topological polar surface area (TPSA) is 240 Å². The van der Waals surface area contributed by atoms with Crippen molar-refractivity contribution in [2.45, 2.75) is 57.9 Å². The van der Waals surface area contributed by atoms with E-state index in [-0.39, 0.29) is 24.2 Å². The quantitative estimate of drug-likeness (QED) is 0.0507. The van der Waals surface area contributed by atoms with Gasteiger partial charge < -0.3 is 49.6 Å². The highest BCUT2D eigenvalue weighted by Crippen LogP contribution is 2.32. The number of hydrogen-bond donors (Lipinski definition) is 3. The van der Waals surface area contributed by atoms with E-state index in [1.54, 1.807) is 6.07 Å². The third-order valence-electron chi connectivity index (χ3n) is 8.27. The van der Waals surface area contributed by atoms with Gasteiger partial charge in [-0.2, -0.15) is 10.1 Å². The first kappa shape index (κ1) is 43.5. The summed E-state index contributed by atoms with van der Waals surface area (Å²) in [7, 11) is 0. The van der Waals surface area contributed by atoms with Crippen molar-refractivity contribution in [2.24, 2.45) is 0 Å². The molecule has 4 rings (SSSR count). The SMILES string of the molecule is C#CCOC(=O)NCCOCCOCCOCCC(=O)CCCOCCOCCC(=O)CCCCCn1nc(-c2ccc3oc(N)nc3c2)c2c(N)ncnc21. The normalized spacial score (nSPS) is 11.3. The number of anilines is 2. The number of nitrogens with one attached hydrogen (secondary N) is 1. The fraction of sp³-hybridized carbons (Fsp3) is 0.553. The van der Waals surface area contributed by atoms with E-state index >= 15 is 0 Å². The van der Waals surface area contributed by atoms with Gasteiger partial charge in [0.25, 0.3) is 6.01 Å². The Bertz CT molecular complexity index is 1860. The maximum Gasteiger partial charge on any atom is 0.408 e. The average Bonchev–Trinajstić information content (AvgIpc) is 3.76. The Kier molecular flexibility index (Phi) is 19.5. The number of aromatic nitrogens is 5. The Balaban J connectivity index is 0.932. The predicted molar refractivity (Wildman–Crippen MR) is 206 cm³/mol. The lowest BCUT2D eigenvalue weighted by Crippen LogP contribution is -2.28. The molecule has 3 heterocycles. The second kappa shape index (κ2) is 25.1. The van der Waals surface area contributed by atoms with Crippen LogP contribution in [0.5, 0.6) is 0 Å². The third-order valence-corrected chi connectivity index (χ3v) is 8.27. The van der Waals surface area contributed by atoms with Crippen LogP contribution in [0.1, 0.15) is 51.4 Å². The summed E-state index contributed by atoms with van der Waals surface area (Å²) in [5, 5.41) is 7.98. The summed E-state index contributed by atoms with van der Waals surface area (Å²) in [6.07, 6.45) is 10.5. The van der Waals surface area contributed by atoms with Gasteiger partial charge >= 0.3 is 6.09 Å². The number of nitrogen functional groups attached to an aromatic ring is 2. The molecule has 0 atom stereocenters. The van der Waals surface area contributed by atoms with E-state index in [2.05, 4.69) is 30.9 Å². The first-order chi connectivity index (χ1) is 27.4. The Labute approximate surface area is 325 Å². The number of nitrogens with zero attached hydrogens (tertiary/aromatic N) is 5. The minimum Gasteiger partial charge on any atom is -0.436 e. The van der Waals surface area contributed by atoms with Crippen LogP contribution in [-0.4, -0.2) is 122 Å². The number of unbranched alkanes of at least 4 members (excludes halogenated alkanes) is 2. The highest BCUT2D eigenvalue weighted by atomic mass is 16.6. The summed E-state index contributed by atoms with van der Waals surface area (Å²) in [5.74, 6) is 2.82. The Hall–Kier alpha value is -5.19. The number of rotatable bonds is 30. The molecule has 0 aliphatic heterocycles. The molecule has 3 aromatic heterocycles. The standard InChI is InChI=1S/C38H52N8O10/c1-2-15-55-38(49)41-13-19-53-23-25-54-24-22-52-18-12-30(48)8-6-16-50-20-21-51-17-11-29(47)7-4-3-5-14-46-36-33(35(39)42-27-43-36)34(45-46)28-9-10-32-31(26-28)44-37(40)56-32/h1,9-10,26-27H,3-8,11-25H2,(H2,40,44)(H,41,49)(H2,39,42,43). The Morgan fingerprint density at radius 1 is 0.786 bits per heavy atom. The van der Waals surface area contributed by atoms with Gasteiger partial charge in [-0.25, -0.2) is 19.4 Å². The van der Waals surface area contributed by atoms with Crippen molar-refractivity contribution in [3.05, 3.63) is 24.5 Å². The van der Waals surface area contributed by atoms with Crippen molar-refractivity contribution in [3.63, 3.8) is 0 Å². The first-order valence-corrected chi connectivity index (χ1v) is 18.7. The number of nitrogens with two attached hydrogens (primary N) is 2. The molecule has 0 spiro atoms. The van der Waals surface area contributed by atoms with Crippen LogP contribution in [0, 0.1) is 12.3 Å². The van der Waals surface area contributed by atoms with Crippen LogP contribution in [0.3, 0.4) is 0 Å². The fourth-order valence-corrected chi connectivity index (χ4v) is 5.48. The average molecular weight is 781 g/mol. The molecule has 0 saturated heterocycles. The van der Waals surface area contributed by atoms with Gasteiger partial charge in [0, 0.05) is 50.9 Å². The molecular weight excluding hydrogens is 728 g/mol. The molecule has 0 bridgehead atoms. The number of hydrogen-bond acceptors (Lipinski definition) is 16. The summed E-state index contributed by atoms with van der Waals surface area (Å²) in [6.45, 7) is 4.64. The van der Waals surface area contributed by atoms with Gasteiger partial charge in [0.05, 0.1) is 64.8 Å². The van der Waals surface area contributed by atoms with Crippen molar-refractivity contribution >= 4 is 51.6 Å². The van der Waals surface area contributed by atoms with Crippen molar-refractivity contribution < 1.29 is 47.2 Å². The maximum absolute atomic E-state index is 12.4. The number of terminal acetylenes is 1. The van der Waals surface area contributed by atoms with E-state index in [9.17, 15) is 14.4 Å². The van der Waals surface area contributed by atoms with Crippen LogP contribution in [0.4, 0.5) is 16.6 Å². The molecule has 0 aliphatic carbocycles. The Morgan fingerprint density at radius 2 is 1.45 bits per heavy atom. The number of carbonyl (C=O) groups is 3. The van der Waals surface area contributed by atoms with Crippen molar-refractivity contribution in [1.82, 2.24) is 30.0 Å². The molecule has 18 heteroatoms.